The van der Waals surface area contributed by atoms with Gasteiger partial charge in [0.1, 0.15) is 23.9 Å². The van der Waals surface area contributed by atoms with Gasteiger partial charge in [0.25, 0.3) is 0 Å². The first-order valence-corrected chi connectivity index (χ1v) is 11.0. The summed E-state index contributed by atoms with van der Waals surface area (Å²) in [6, 6.07) is 5.46. The number of hydrogen-bond donors (Lipinski definition) is 3. The molecule has 0 aromatic heterocycles. The van der Waals surface area contributed by atoms with E-state index in [0.29, 0.717) is 12.1 Å². The van der Waals surface area contributed by atoms with Crippen molar-refractivity contribution in [3.05, 3.63) is 29.8 Å². The van der Waals surface area contributed by atoms with Crippen LogP contribution in [0.3, 0.4) is 0 Å². The average molecular weight is 434 g/mol. The molecule has 1 aliphatic rings. The van der Waals surface area contributed by atoms with Gasteiger partial charge in [0.05, 0.1) is 0 Å². The van der Waals surface area contributed by atoms with Crippen molar-refractivity contribution in [2.75, 3.05) is 13.1 Å². The van der Waals surface area contributed by atoms with Gasteiger partial charge in [0, 0.05) is 18.2 Å². The summed E-state index contributed by atoms with van der Waals surface area (Å²) in [6.07, 6.45) is 3.71. The van der Waals surface area contributed by atoms with Crippen molar-refractivity contribution < 1.29 is 24.2 Å². The average Bonchev–Trinajstić information content (AvgIpc) is 3.52. The number of unbranched alkanes of at least 4 members (excludes halogenated alkanes) is 2. The number of hydrogen-bond acceptors (Lipinski definition) is 5. The fourth-order valence-electron chi connectivity index (χ4n) is 3.28. The molecule has 8 nitrogen and oxygen atoms in total. The van der Waals surface area contributed by atoms with E-state index in [-0.39, 0.29) is 24.2 Å². The number of nitrogens with one attached hydrogen (secondary N) is 2. The van der Waals surface area contributed by atoms with E-state index in [1.807, 2.05) is 0 Å². The van der Waals surface area contributed by atoms with Crippen molar-refractivity contribution in [1.82, 2.24) is 15.5 Å². The summed E-state index contributed by atoms with van der Waals surface area (Å²) < 4.78 is 5.19. The zero-order valence-corrected chi connectivity index (χ0v) is 18.9. The number of para-hydroxylation sites is 1. The number of carbonyl (C=O) groups is 3. The molecule has 0 radical (unpaired) electrons. The smallest absolute Gasteiger partial charge is 0.408 e. The third-order valence-electron chi connectivity index (χ3n) is 4.85. The molecule has 1 fully saturated rings. The van der Waals surface area contributed by atoms with Crippen LogP contribution in [0.2, 0.25) is 0 Å². The zero-order valence-electron chi connectivity index (χ0n) is 18.9. The number of carbonyl (C=O) groups excluding carboxylic acids is 3. The van der Waals surface area contributed by atoms with Crippen LogP contribution in [0.5, 0.6) is 5.75 Å². The lowest BCUT2D eigenvalue weighted by Gasteiger charge is -2.32. The number of amides is 3. The van der Waals surface area contributed by atoms with Crippen molar-refractivity contribution in [3.63, 3.8) is 0 Å². The molecule has 3 amide bonds. The van der Waals surface area contributed by atoms with Crippen LogP contribution in [0.1, 0.15) is 71.4 Å². The SMILES string of the molecule is CCCCCNC(=O)C(c1ccccc1O)N(C(=O)CNC(=O)OC(C)(C)C)C1CC1. The summed E-state index contributed by atoms with van der Waals surface area (Å²) >= 11 is 0. The molecule has 1 atom stereocenters. The third kappa shape index (κ3) is 7.77. The molecular weight excluding hydrogens is 398 g/mol. The lowest BCUT2D eigenvalue weighted by molar-refractivity contribution is -0.141. The number of ether oxygens (including phenoxy) is 1. The van der Waals surface area contributed by atoms with Gasteiger partial charge in [-0.15, -0.1) is 0 Å². The summed E-state index contributed by atoms with van der Waals surface area (Å²) in [6.45, 7) is 7.50. The molecule has 3 N–H and O–H groups in total. The van der Waals surface area contributed by atoms with Crippen LogP contribution < -0.4 is 10.6 Å². The van der Waals surface area contributed by atoms with E-state index in [2.05, 4.69) is 17.6 Å². The van der Waals surface area contributed by atoms with Gasteiger partial charge in [0.15, 0.2) is 0 Å². The Hall–Kier alpha value is -2.77. The predicted octanol–water partition coefficient (Wildman–Crippen LogP) is 3.26. The first kappa shape index (κ1) is 24.5. The van der Waals surface area contributed by atoms with E-state index in [9.17, 15) is 19.5 Å². The number of rotatable bonds is 10. The van der Waals surface area contributed by atoms with Crippen molar-refractivity contribution >= 4 is 17.9 Å². The summed E-state index contributed by atoms with van der Waals surface area (Å²) in [5, 5.41) is 15.8. The summed E-state index contributed by atoms with van der Waals surface area (Å²) in [5.41, 5.74) is -0.312. The Morgan fingerprint density at radius 1 is 1.16 bits per heavy atom. The number of aromatic hydroxyl groups is 1. The predicted molar refractivity (Wildman–Crippen MR) is 117 cm³/mol. The number of benzene rings is 1. The minimum absolute atomic E-state index is 0.0465. The fourth-order valence-corrected chi connectivity index (χ4v) is 3.28. The van der Waals surface area contributed by atoms with Crippen molar-refractivity contribution in [1.29, 1.82) is 0 Å². The van der Waals surface area contributed by atoms with E-state index < -0.39 is 23.6 Å². The standard InChI is InChI=1S/C23H35N3O5/c1-5-6-9-14-24-21(29)20(17-10-7-8-11-18(17)27)26(16-12-13-16)19(28)15-25-22(30)31-23(2,3)4/h7-8,10-11,16,20,27H,5-6,9,12-15H2,1-4H3,(H,24,29)(H,25,30). The third-order valence-corrected chi connectivity index (χ3v) is 4.85. The summed E-state index contributed by atoms with van der Waals surface area (Å²) in [4.78, 5) is 39.7. The van der Waals surface area contributed by atoms with E-state index in [1.165, 1.54) is 11.0 Å². The number of alkyl carbamates (subject to hydrolysis) is 1. The zero-order chi connectivity index (χ0) is 23.0. The van der Waals surface area contributed by atoms with Crippen LogP contribution in [0.15, 0.2) is 24.3 Å². The van der Waals surface area contributed by atoms with Gasteiger partial charge in [-0.2, -0.15) is 0 Å². The number of phenolic OH excluding ortho intramolecular Hbond substituents is 1. The molecule has 0 aliphatic heterocycles. The highest BCUT2D eigenvalue weighted by Crippen LogP contribution is 2.37. The summed E-state index contributed by atoms with van der Waals surface area (Å²) in [5.74, 6) is -0.782. The number of phenols is 1. The molecule has 31 heavy (non-hydrogen) atoms. The van der Waals surface area contributed by atoms with Gasteiger partial charge in [-0.05, 0) is 46.1 Å². The van der Waals surface area contributed by atoms with Gasteiger partial charge in [-0.3, -0.25) is 9.59 Å². The van der Waals surface area contributed by atoms with Gasteiger partial charge in [0.2, 0.25) is 11.8 Å². The Bertz CT molecular complexity index is 771. The second-order valence-corrected chi connectivity index (χ2v) is 8.85. The Kier molecular flexibility index (Phi) is 8.71. The van der Waals surface area contributed by atoms with Crippen LogP contribution in [-0.2, 0) is 14.3 Å². The molecule has 172 valence electrons. The van der Waals surface area contributed by atoms with Crippen molar-refractivity contribution in [2.45, 2.75) is 77.5 Å². The summed E-state index contributed by atoms with van der Waals surface area (Å²) in [7, 11) is 0. The monoisotopic (exact) mass is 433 g/mol. The first-order chi connectivity index (χ1) is 14.6. The maximum Gasteiger partial charge on any atom is 0.408 e. The van der Waals surface area contributed by atoms with Crippen LogP contribution in [-0.4, -0.2) is 52.6 Å². The highest BCUT2D eigenvalue weighted by atomic mass is 16.6. The van der Waals surface area contributed by atoms with Crippen LogP contribution in [0.25, 0.3) is 0 Å². The van der Waals surface area contributed by atoms with Crippen molar-refractivity contribution in [3.8, 4) is 5.75 Å². The molecular formula is C23H35N3O5. The normalized spacial score (nSPS) is 14.5. The number of nitrogens with zero attached hydrogens (tertiary/aromatic N) is 1. The maximum atomic E-state index is 13.1. The minimum atomic E-state index is -0.969. The molecule has 0 saturated heterocycles. The van der Waals surface area contributed by atoms with Gasteiger partial charge in [-0.25, -0.2) is 4.79 Å². The molecule has 8 heteroatoms. The first-order valence-electron chi connectivity index (χ1n) is 11.0. The second kappa shape index (κ2) is 11.0. The highest BCUT2D eigenvalue weighted by molar-refractivity contribution is 5.91. The Morgan fingerprint density at radius 2 is 1.84 bits per heavy atom. The Morgan fingerprint density at radius 3 is 2.42 bits per heavy atom. The molecule has 1 aromatic rings. The Balaban J connectivity index is 2.19. The minimum Gasteiger partial charge on any atom is -0.508 e. The molecule has 0 heterocycles. The lowest BCUT2D eigenvalue weighted by Crippen LogP contribution is -2.49. The Labute approximate surface area is 184 Å². The van der Waals surface area contributed by atoms with Crippen LogP contribution in [0, 0.1) is 0 Å². The fraction of sp³-hybridized carbons (Fsp3) is 0.609. The van der Waals surface area contributed by atoms with E-state index in [4.69, 9.17) is 4.74 Å². The van der Waals surface area contributed by atoms with Crippen LogP contribution in [0.4, 0.5) is 4.79 Å². The second-order valence-electron chi connectivity index (χ2n) is 8.85. The van der Waals surface area contributed by atoms with Gasteiger partial charge >= 0.3 is 6.09 Å². The molecule has 1 saturated carbocycles. The highest BCUT2D eigenvalue weighted by Gasteiger charge is 2.42. The molecule has 0 spiro atoms. The van der Waals surface area contributed by atoms with Gasteiger partial charge in [-0.1, -0.05) is 38.0 Å². The molecule has 2 rings (SSSR count). The molecule has 0 bridgehead atoms. The molecule has 1 aliphatic carbocycles. The van der Waals surface area contributed by atoms with E-state index >= 15 is 0 Å². The molecule has 1 aromatic carbocycles. The van der Waals surface area contributed by atoms with E-state index in [0.717, 1.165) is 32.1 Å². The molecule has 1 unspecified atom stereocenters. The quantitative estimate of drug-likeness (QED) is 0.491. The van der Waals surface area contributed by atoms with E-state index in [1.54, 1.807) is 39.0 Å². The van der Waals surface area contributed by atoms with Crippen molar-refractivity contribution in [2.24, 2.45) is 0 Å². The lowest BCUT2D eigenvalue weighted by atomic mass is 10.0. The largest absolute Gasteiger partial charge is 0.508 e. The maximum absolute atomic E-state index is 13.1. The topological polar surface area (TPSA) is 108 Å². The van der Waals surface area contributed by atoms with Gasteiger partial charge < -0.3 is 25.4 Å². The van der Waals surface area contributed by atoms with Crippen LogP contribution >= 0.6 is 0 Å².